The highest BCUT2D eigenvalue weighted by Crippen LogP contribution is 2.43. The van der Waals surface area contributed by atoms with Crippen molar-refractivity contribution in [2.75, 3.05) is 17.2 Å². The van der Waals surface area contributed by atoms with Gasteiger partial charge in [0.25, 0.3) is 0 Å². The number of anilines is 1. The molecule has 2 aliphatic rings. The van der Waals surface area contributed by atoms with Crippen LogP contribution in [0, 0.1) is 0 Å². The molecular weight excluding hydrogens is 274 g/mol. The predicted octanol–water partition coefficient (Wildman–Crippen LogP) is 4.63. The first-order chi connectivity index (χ1) is 10.4. The van der Waals surface area contributed by atoms with Crippen LogP contribution in [-0.4, -0.2) is 12.3 Å². The van der Waals surface area contributed by atoms with Gasteiger partial charge in [-0.15, -0.1) is 11.8 Å². The summed E-state index contributed by atoms with van der Waals surface area (Å²) in [5, 5.41) is 0. The summed E-state index contributed by atoms with van der Waals surface area (Å²) in [6.45, 7) is 1.02. The van der Waals surface area contributed by atoms with Crippen LogP contribution in [0.1, 0.15) is 5.56 Å². The second-order valence-electron chi connectivity index (χ2n) is 5.40. The van der Waals surface area contributed by atoms with E-state index in [0.717, 1.165) is 18.7 Å². The van der Waals surface area contributed by atoms with Gasteiger partial charge in [0.2, 0.25) is 0 Å². The number of hydrogen-bond acceptors (Lipinski definition) is 2. The van der Waals surface area contributed by atoms with Gasteiger partial charge in [-0.2, -0.15) is 0 Å². The van der Waals surface area contributed by atoms with Crippen molar-refractivity contribution in [3.05, 3.63) is 88.5 Å². The summed E-state index contributed by atoms with van der Waals surface area (Å²) >= 11 is 1.98. The normalized spacial score (nSPS) is 17.1. The monoisotopic (exact) mass is 291 g/mol. The number of benzene rings is 2. The zero-order valence-corrected chi connectivity index (χ0v) is 12.6. The molecule has 1 nitrogen and oxygen atoms in total. The molecule has 0 aromatic heterocycles. The average Bonchev–Trinajstić information content (AvgIpc) is 3.12. The summed E-state index contributed by atoms with van der Waals surface area (Å²) in [7, 11) is 0. The minimum absolute atomic E-state index is 1.01. The van der Waals surface area contributed by atoms with Gasteiger partial charge < -0.3 is 4.90 Å². The Hall–Kier alpha value is -1.93. The third-order valence-electron chi connectivity index (χ3n) is 4.05. The Morgan fingerprint density at radius 3 is 2.38 bits per heavy atom. The Balaban J connectivity index is 1.72. The topological polar surface area (TPSA) is 3.24 Å². The van der Waals surface area contributed by atoms with Crippen LogP contribution < -0.4 is 4.90 Å². The molecule has 0 saturated heterocycles. The summed E-state index contributed by atoms with van der Waals surface area (Å²) < 4.78 is 0. The van der Waals surface area contributed by atoms with Gasteiger partial charge in [-0.05, 0) is 23.3 Å². The van der Waals surface area contributed by atoms with E-state index in [2.05, 4.69) is 71.6 Å². The molecule has 2 aromatic carbocycles. The van der Waals surface area contributed by atoms with Crippen LogP contribution in [0.25, 0.3) is 0 Å². The first-order valence-corrected chi connectivity index (χ1v) is 8.32. The third kappa shape index (κ3) is 2.40. The van der Waals surface area contributed by atoms with Crippen molar-refractivity contribution in [1.29, 1.82) is 0 Å². The van der Waals surface area contributed by atoms with E-state index >= 15 is 0 Å². The lowest BCUT2D eigenvalue weighted by Crippen LogP contribution is -2.20. The van der Waals surface area contributed by atoms with Crippen molar-refractivity contribution in [3.8, 4) is 0 Å². The first kappa shape index (κ1) is 12.8. The molecule has 2 aliphatic heterocycles. The van der Waals surface area contributed by atoms with E-state index in [1.165, 1.54) is 27.4 Å². The molecule has 0 amide bonds. The highest BCUT2D eigenvalue weighted by molar-refractivity contribution is 8.03. The van der Waals surface area contributed by atoms with Crippen molar-refractivity contribution < 1.29 is 0 Å². The van der Waals surface area contributed by atoms with Crippen LogP contribution in [0.2, 0.25) is 0 Å². The number of rotatable bonds is 3. The minimum Gasteiger partial charge on any atom is -0.339 e. The van der Waals surface area contributed by atoms with Gasteiger partial charge in [-0.25, -0.2) is 0 Å². The van der Waals surface area contributed by atoms with Crippen molar-refractivity contribution in [2.45, 2.75) is 6.42 Å². The summed E-state index contributed by atoms with van der Waals surface area (Å²) in [5.41, 5.74) is 5.65. The molecule has 0 aliphatic carbocycles. The molecular formula is C19H17NS. The van der Waals surface area contributed by atoms with Crippen molar-refractivity contribution in [3.63, 3.8) is 0 Å². The maximum Gasteiger partial charge on any atom is 0.0488 e. The second kappa shape index (κ2) is 5.45. The maximum atomic E-state index is 2.47. The van der Waals surface area contributed by atoms with E-state index in [0.29, 0.717) is 0 Å². The van der Waals surface area contributed by atoms with Crippen molar-refractivity contribution in [1.82, 2.24) is 0 Å². The van der Waals surface area contributed by atoms with Crippen LogP contribution in [-0.2, 0) is 6.42 Å². The molecule has 104 valence electrons. The Kier molecular flexibility index (Phi) is 3.32. The lowest BCUT2D eigenvalue weighted by atomic mass is 10.1. The summed E-state index contributed by atoms with van der Waals surface area (Å²) in [6.07, 6.45) is 3.39. The fourth-order valence-electron chi connectivity index (χ4n) is 3.02. The lowest BCUT2D eigenvalue weighted by Gasteiger charge is -2.23. The zero-order chi connectivity index (χ0) is 14.1. The molecule has 4 rings (SSSR count). The molecule has 21 heavy (non-hydrogen) atoms. The molecule has 0 fully saturated rings. The van der Waals surface area contributed by atoms with Gasteiger partial charge in [0, 0.05) is 35.0 Å². The smallest absolute Gasteiger partial charge is 0.0488 e. The fourth-order valence-corrected chi connectivity index (χ4v) is 4.16. The number of hydrogen-bond donors (Lipinski definition) is 0. The van der Waals surface area contributed by atoms with Crippen molar-refractivity contribution >= 4 is 17.4 Å². The van der Waals surface area contributed by atoms with E-state index in [1.807, 2.05) is 11.8 Å². The molecule has 0 spiro atoms. The van der Waals surface area contributed by atoms with E-state index in [9.17, 15) is 0 Å². The Bertz CT molecular complexity index is 701. The number of para-hydroxylation sites is 1. The molecule has 0 bridgehead atoms. The quantitative estimate of drug-likeness (QED) is 0.811. The van der Waals surface area contributed by atoms with Gasteiger partial charge in [0.1, 0.15) is 0 Å². The Labute approximate surface area is 130 Å². The maximum absolute atomic E-state index is 2.47. The average molecular weight is 291 g/mol. The Morgan fingerprint density at radius 2 is 1.62 bits per heavy atom. The number of thioether (sulfide) groups is 1. The standard InChI is InChI=1S/C19H17NS/c1-3-7-15(8-4-1)13-18-19-16(11-12-21-19)14-20(18)17-9-5-2-6-10-17/h1-11H,12-14H2. The van der Waals surface area contributed by atoms with Crippen LogP contribution in [0.15, 0.2) is 82.9 Å². The second-order valence-corrected chi connectivity index (χ2v) is 6.43. The van der Waals surface area contributed by atoms with Gasteiger partial charge in [0.05, 0.1) is 0 Å². The van der Waals surface area contributed by atoms with Crippen molar-refractivity contribution in [2.24, 2.45) is 0 Å². The number of nitrogens with zero attached hydrogens (tertiary/aromatic N) is 1. The van der Waals surface area contributed by atoms with Gasteiger partial charge in [-0.3, -0.25) is 0 Å². The zero-order valence-electron chi connectivity index (χ0n) is 11.8. The predicted molar refractivity (Wildman–Crippen MR) is 91.5 cm³/mol. The number of allylic oxidation sites excluding steroid dienone is 1. The number of fused-ring (bicyclic) bond motifs is 1. The minimum atomic E-state index is 1.01. The molecule has 0 unspecified atom stereocenters. The summed E-state index contributed by atoms with van der Waals surface area (Å²) in [4.78, 5) is 3.98. The molecule has 0 N–H and O–H groups in total. The van der Waals surface area contributed by atoms with Crippen LogP contribution in [0.5, 0.6) is 0 Å². The van der Waals surface area contributed by atoms with E-state index in [4.69, 9.17) is 0 Å². The van der Waals surface area contributed by atoms with E-state index in [1.54, 1.807) is 0 Å². The van der Waals surface area contributed by atoms with Crippen LogP contribution >= 0.6 is 11.8 Å². The van der Waals surface area contributed by atoms with Gasteiger partial charge in [0.15, 0.2) is 0 Å². The molecule has 0 saturated carbocycles. The van der Waals surface area contributed by atoms with E-state index < -0.39 is 0 Å². The Morgan fingerprint density at radius 1 is 0.905 bits per heavy atom. The molecule has 0 radical (unpaired) electrons. The highest BCUT2D eigenvalue weighted by atomic mass is 32.2. The molecule has 2 heterocycles. The lowest BCUT2D eigenvalue weighted by molar-refractivity contribution is 0.980. The SMILES string of the molecule is C1=C2CN(c3ccccc3)C(Cc3ccccc3)=C2SC1. The molecule has 2 heteroatoms. The van der Waals surface area contributed by atoms with Crippen LogP contribution in [0.3, 0.4) is 0 Å². The summed E-state index contributed by atoms with van der Waals surface area (Å²) in [5.74, 6) is 1.13. The largest absolute Gasteiger partial charge is 0.339 e. The van der Waals surface area contributed by atoms with Gasteiger partial charge in [-0.1, -0.05) is 54.6 Å². The first-order valence-electron chi connectivity index (χ1n) is 7.34. The molecule has 0 atom stereocenters. The third-order valence-corrected chi connectivity index (χ3v) is 5.17. The fraction of sp³-hybridized carbons (Fsp3) is 0.158. The van der Waals surface area contributed by atoms with Crippen LogP contribution in [0.4, 0.5) is 5.69 Å². The summed E-state index contributed by atoms with van der Waals surface area (Å²) in [6, 6.07) is 21.5. The highest BCUT2D eigenvalue weighted by Gasteiger charge is 2.30. The molecule has 2 aromatic rings. The van der Waals surface area contributed by atoms with E-state index in [-0.39, 0.29) is 0 Å². The van der Waals surface area contributed by atoms with Gasteiger partial charge >= 0.3 is 0 Å².